The Morgan fingerprint density at radius 3 is 2.50 bits per heavy atom. The zero-order valence-corrected chi connectivity index (χ0v) is 18.0. The van der Waals surface area contributed by atoms with Crippen LogP contribution in [0.5, 0.6) is 0 Å². The second-order valence-corrected chi connectivity index (χ2v) is 8.48. The molecule has 0 fully saturated rings. The summed E-state index contributed by atoms with van der Waals surface area (Å²) in [5.74, 6) is -1.16. The van der Waals surface area contributed by atoms with Crippen LogP contribution < -0.4 is 5.32 Å². The fourth-order valence-corrected chi connectivity index (χ4v) is 3.26. The summed E-state index contributed by atoms with van der Waals surface area (Å²) in [7, 11) is 0. The smallest absolute Gasteiger partial charge is 0.408 e. The van der Waals surface area contributed by atoms with Gasteiger partial charge < -0.3 is 19.6 Å². The van der Waals surface area contributed by atoms with E-state index < -0.39 is 23.7 Å². The van der Waals surface area contributed by atoms with E-state index in [1.807, 2.05) is 41.8 Å². The van der Waals surface area contributed by atoms with E-state index in [1.54, 1.807) is 32.9 Å². The molecule has 2 aromatic heterocycles. The van der Waals surface area contributed by atoms with Crippen LogP contribution >= 0.6 is 11.6 Å². The Labute approximate surface area is 179 Å². The van der Waals surface area contributed by atoms with Crippen LogP contribution in [0.25, 0.3) is 16.9 Å². The van der Waals surface area contributed by atoms with Gasteiger partial charge in [0.1, 0.15) is 17.3 Å². The molecule has 0 aliphatic rings. The zero-order chi connectivity index (χ0) is 22.1. The lowest BCUT2D eigenvalue weighted by atomic mass is 10.0. The van der Waals surface area contributed by atoms with Gasteiger partial charge in [0, 0.05) is 23.2 Å². The minimum Gasteiger partial charge on any atom is -0.480 e. The second-order valence-electron chi connectivity index (χ2n) is 8.04. The zero-order valence-electron chi connectivity index (χ0n) is 17.3. The first-order valence-electron chi connectivity index (χ1n) is 9.50. The van der Waals surface area contributed by atoms with Gasteiger partial charge in [-0.2, -0.15) is 0 Å². The number of imidazole rings is 1. The van der Waals surface area contributed by atoms with Crippen molar-refractivity contribution in [3.8, 4) is 11.3 Å². The highest BCUT2D eigenvalue weighted by molar-refractivity contribution is 6.30. The van der Waals surface area contributed by atoms with Crippen molar-refractivity contribution in [2.45, 2.75) is 45.8 Å². The Kier molecular flexibility index (Phi) is 6.03. The Morgan fingerprint density at radius 1 is 1.23 bits per heavy atom. The lowest BCUT2D eigenvalue weighted by Crippen LogP contribution is -2.44. The van der Waals surface area contributed by atoms with Gasteiger partial charge in [0.15, 0.2) is 0 Å². The van der Waals surface area contributed by atoms with Crippen molar-refractivity contribution in [1.82, 2.24) is 14.7 Å². The highest BCUT2D eigenvalue weighted by Crippen LogP contribution is 2.28. The monoisotopic (exact) mass is 429 g/mol. The van der Waals surface area contributed by atoms with Crippen molar-refractivity contribution in [2.24, 2.45) is 0 Å². The molecule has 0 radical (unpaired) electrons. The maximum absolute atomic E-state index is 12.2. The minimum atomic E-state index is -1.19. The molecule has 8 heteroatoms. The molecule has 2 N–H and O–H groups in total. The summed E-state index contributed by atoms with van der Waals surface area (Å²) in [4.78, 5) is 28.8. The van der Waals surface area contributed by atoms with Crippen molar-refractivity contribution in [1.29, 1.82) is 0 Å². The fraction of sp³-hybridized carbons (Fsp3) is 0.318. The molecule has 3 rings (SSSR count). The molecule has 1 amide bonds. The number of nitrogens with zero attached hydrogens (tertiary/aromatic N) is 2. The van der Waals surface area contributed by atoms with Gasteiger partial charge >= 0.3 is 12.1 Å². The van der Waals surface area contributed by atoms with E-state index in [1.165, 1.54) is 0 Å². The largest absolute Gasteiger partial charge is 0.480 e. The van der Waals surface area contributed by atoms with Gasteiger partial charge in [0.25, 0.3) is 0 Å². The van der Waals surface area contributed by atoms with Gasteiger partial charge in [0.2, 0.25) is 0 Å². The van der Waals surface area contributed by atoms with Crippen molar-refractivity contribution in [3.63, 3.8) is 0 Å². The molecular formula is C22H24ClN3O4. The van der Waals surface area contributed by atoms with E-state index in [4.69, 9.17) is 21.3 Å². The molecule has 0 bridgehead atoms. The molecule has 1 aromatic carbocycles. The Hall–Kier alpha value is -3.06. The maximum atomic E-state index is 12.2. The molecule has 158 valence electrons. The van der Waals surface area contributed by atoms with Crippen LogP contribution in [0.3, 0.4) is 0 Å². The molecule has 0 aliphatic carbocycles. The number of amides is 1. The summed E-state index contributed by atoms with van der Waals surface area (Å²) in [5.41, 5.74) is 3.04. The summed E-state index contributed by atoms with van der Waals surface area (Å²) < 4.78 is 7.07. The van der Waals surface area contributed by atoms with Crippen LogP contribution in [0.2, 0.25) is 5.02 Å². The lowest BCUT2D eigenvalue weighted by molar-refractivity contribution is -0.139. The lowest BCUT2D eigenvalue weighted by Gasteiger charge is -2.22. The van der Waals surface area contributed by atoms with E-state index in [9.17, 15) is 14.7 Å². The van der Waals surface area contributed by atoms with E-state index in [-0.39, 0.29) is 6.42 Å². The van der Waals surface area contributed by atoms with E-state index in [0.29, 0.717) is 16.4 Å². The predicted octanol–water partition coefficient (Wildman–Crippen LogP) is 4.48. The Balaban J connectivity index is 2.03. The van der Waals surface area contributed by atoms with Crippen molar-refractivity contribution in [3.05, 3.63) is 58.9 Å². The number of halogens is 1. The molecule has 2 heterocycles. The summed E-state index contributed by atoms with van der Waals surface area (Å²) in [6.07, 6.45) is 1.07. The van der Waals surface area contributed by atoms with Gasteiger partial charge in [0.05, 0.1) is 11.4 Å². The first-order valence-corrected chi connectivity index (χ1v) is 9.88. The number of rotatable bonds is 5. The number of fused-ring (bicyclic) bond motifs is 1. The quantitative estimate of drug-likeness (QED) is 0.623. The topological polar surface area (TPSA) is 92.9 Å². The first kappa shape index (κ1) is 21.6. The summed E-state index contributed by atoms with van der Waals surface area (Å²) in [6, 6.07) is 9.80. The number of pyridine rings is 1. The number of hydrogen-bond donors (Lipinski definition) is 2. The van der Waals surface area contributed by atoms with Crippen molar-refractivity contribution in [2.75, 3.05) is 0 Å². The van der Waals surface area contributed by atoms with Crippen LogP contribution in [-0.4, -0.2) is 38.2 Å². The average molecular weight is 430 g/mol. The van der Waals surface area contributed by atoms with Gasteiger partial charge in [-0.05, 0) is 51.5 Å². The Morgan fingerprint density at radius 2 is 1.90 bits per heavy atom. The third-order valence-electron chi connectivity index (χ3n) is 4.45. The van der Waals surface area contributed by atoms with E-state index in [2.05, 4.69) is 5.32 Å². The van der Waals surface area contributed by atoms with Crippen LogP contribution in [-0.2, 0) is 16.0 Å². The first-order chi connectivity index (χ1) is 14.0. The van der Waals surface area contributed by atoms with Crippen molar-refractivity contribution < 1.29 is 19.4 Å². The summed E-state index contributed by atoms with van der Waals surface area (Å²) >= 11 is 6.01. The number of hydrogen-bond acceptors (Lipinski definition) is 4. The molecule has 3 aromatic rings. The second kappa shape index (κ2) is 8.36. The molecule has 0 saturated carbocycles. The summed E-state index contributed by atoms with van der Waals surface area (Å²) in [5, 5.41) is 12.8. The van der Waals surface area contributed by atoms with Gasteiger partial charge in [-0.3, -0.25) is 0 Å². The average Bonchev–Trinajstić information content (AvgIpc) is 3.00. The molecule has 0 spiro atoms. The molecule has 7 nitrogen and oxygen atoms in total. The van der Waals surface area contributed by atoms with E-state index >= 15 is 0 Å². The van der Waals surface area contributed by atoms with Gasteiger partial charge in [-0.15, -0.1) is 0 Å². The number of carboxylic acid groups (broad SMARTS) is 1. The standard InChI is InChI=1S/C22H24ClN3O4/c1-13-6-5-11-26-17(12-16(20(27)28)24-21(29)30-22(2,3)4)18(25-19(13)26)14-7-9-15(23)10-8-14/h5-11,16H,12H2,1-4H3,(H,24,29)(H,27,28). The highest BCUT2D eigenvalue weighted by Gasteiger charge is 2.27. The molecule has 1 atom stereocenters. The highest BCUT2D eigenvalue weighted by atomic mass is 35.5. The number of ether oxygens (including phenoxy) is 1. The number of benzene rings is 1. The van der Waals surface area contributed by atoms with Crippen LogP contribution in [0.4, 0.5) is 4.79 Å². The fourth-order valence-electron chi connectivity index (χ4n) is 3.13. The molecule has 1 unspecified atom stereocenters. The van der Waals surface area contributed by atoms with Gasteiger partial charge in [-0.25, -0.2) is 14.6 Å². The number of carbonyl (C=O) groups excluding carboxylic acids is 1. The SMILES string of the molecule is Cc1cccn2c(CC(NC(=O)OC(C)(C)C)C(=O)O)c(-c3ccc(Cl)cc3)nc12. The number of aryl methyl sites for hydroxylation is 1. The number of nitrogens with one attached hydrogen (secondary N) is 1. The molecule has 0 aliphatic heterocycles. The number of carboxylic acids is 1. The molecule has 30 heavy (non-hydrogen) atoms. The van der Waals surface area contributed by atoms with Crippen LogP contribution in [0, 0.1) is 6.92 Å². The third kappa shape index (κ3) is 4.91. The third-order valence-corrected chi connectivity index (χ3v) is 4.70. The maximum Gasteiger partial charge on any atom is 0.408 e. The number of aromatic nitrogens is 2. The van der Waals surface area contributed by atoms with Crippen LogP contribution in [0.1, 0.15) is 32.0 Å². The van der Waals surface area contributed by atoms with E-state index in [0.717, 1.165) is 16.8 Å². The number of carbonyl (C=O) groups is 2. The molecular weight excluding hydrogens is 406 g/mol. The number of aliphatic carboxylic acids is 1. The number of alkyl carbamates (subject to hydrolysis) is 1. The predicted molar refractivity (Wildman–Crippen MR) is 115 cm³/mol. The minimum absolute atomic E-state index is 0.0250. The van der Waals surface area contributed by atoms with Crippen LogP contribution in [0.15, 0.2) is 42.6 Å². The summed E-state index contributed by atoms with van der Waals surface area (Å²) in [6.45, 7) is 7.09. The van der Waals surface area contributed by atoms with Crippen molar-refractivity contribution >= 4 is 29.3 Å². The Bertz CT molecular complexity index is 1080. The normalized spacial score (nSPS) is 12.6. The van der Waals surface area contributed by atoms with Gasteiger partial charge in [-0.1, -0.05) is 29.8 Å². The molecule has 0 saturated heterocycles.